The van der Waals surface area contributed by atoms with Crippen LogP contribution in [0.1, 0.15) is 22.8 Å². The summed E-state index contributed by atoms with van der Waals surface area (Å²) in [6.07, 6.45) is 0.676. The Hall–Kier alpha value is -2.04. The number of carbonyl (C=O) groups excluding carboxylic acids is 2. The van der Waals surface area contributed by atoms with E-state index in [0.717, 1.165) is 5.56 Å². The Morgan fingerprint density at radius 2 is 2.18 bits per heavy atom. The number of rotatable bonds is 2. The number of fused-ring (bicyclic) bond motifs is 1. The molecule has 1 heterocycles. The van der Waals surface area contributed by atoms with Gasteiger partial charge >= 0.3 is 5.97 Å². The summed E-state index contributed by atoms with van der Waals surface area (Å²) in [7, 11) is 1.32. The van der Waals surface area contributed by atoms with Crippen LogP contribution in [0.5, 0.6) is 5.75 Å². The van der Waals surface area contributed by atoms with E-state index in [1.165, 1.54) is 14.0 Å². The topological polar surface area (TPSA) is 64.6 Å². The predicted molar refractivity (Wildman–Crippen MR) is 61.3 cm³/mol. The maximum Gasteiger partial charge on any atom is 0.341 e. The summed E-state index contributed by atoms with van der Waals surface area (Å²) in [6.45, 7) is 1.95. The average molecular weight is 235 g/mol. The zero-order valence-corrected chi connectivity index (χ0v) is 9.70. The Morgan fingerprint density at radius 1 is 1.41 bits per heavy atom. The zero-order chi connectivity index (χ0) is 12.4. The molecule has 0 radical (unpaired) electrons. The highest BCUT2D eigenvalue weighted by Gasteiger charge is 2.24. The fraction of sp³-hybridized carbons (Fsp3) is 0.333. The lowest BCUT2D eigenvalue weighted by Gasteiger charge is -2.10. The molecule has 0 saturated heterocycles. The van der Waals surface area contributed by atoms with Gasteiger partial charge in [0, 0.05) is 24.6 Å². The standard InChI is InChI=1S/C12H13NO4/c1-7(14)13-10-4-3-9(12(15)16-2)11-8(10)5-6-17-11/h3-4H,5-6H2,1-2H3,(H,13,14). The molecule has 1 aliphatic rings. The first-order chi connectivity index (χ1) is 8.13. The molecule has 0 saturated carbocycles. The van der Waals surface area contributed by atoms with E-state index in [4.69, 9.17) is 4.74 Å². The van der Waals surface area contributed by atoms with Gasteiger partial charge in [-0.25, -0.2) is 4.79 Å². The summed E-state index contributed by atoms with van der Waals surface area (Å²) in [4.78, 5) is 22.6. The van der Waals surface area contributed by atoms with Gasteiger partial charge in [-0.15, -0.1) is 0 Å². The second-order valence-electron chi connectivity index (χ2n) is 3.74. The van der Waals surface area contributed by atoms with E-state index in [0.29, 0.717) is 30.0 Å². The SMILES string of the molecule is COC(=O)c1ccc(NC(C)=O)c2c1OCC2. The summed E-state index contributed by atoms with van der Waals surface area (Å²) < 4.78 is 10.1. The predicted octanol–water partition coefficient (Wildman–Crippen LogP) is 1.37. The molecule has 5 nitrogen and oxygen atoms in total. The molecule has 1 aromatic rings. The molecule has 0 unspecified atom stereocenters. The Balaban J connectivity index is 2.45. The van der Waals surface area contributed by atoms with Crippen LogP contribution in [0.4, 0.5) is 5.69 Å². The van der Waals surface area contributed by atoms with Crippen molar-refractivity contribution in [2.24, 2.45) is 0 Å². The molecule has 17 heavy (non-hydrogen) atoms. The number of nitrogens with one attached hydrogen (secondary N) is 1. The second kappa shape index (κ2) is 4.45. The smallest absolute Gasteiger partial charge is 0.341 e. The highest BCUT2D eigenvalue weighted by atomic mass is 16.5. The number of anilines is 1. The molecule has 0 fully saturated rings. The lowest BCUT2D eigenvalue weighted by Crippen LogP contribution is -2.09. The van der Waals surface area contributed by atoms with Crippen molar-refractivity contribution in [2.45, 2.75) is 13.3 Å². The minimum absolute atomic E-state index is 0.148. The Morgan fingerprint density at radius 3 is 2.82 bits per heavy atom. The first kappa shape index (κ1) is 11.4. The van der Waals surface area contributed by atoms with Crippen molar-refractivity contribution in [3.8, 4) is 5.75 Å². The Kier molecular flexibility index (Phi) is 2.99. The summed E-state index contributed by atoms with van der Waals surface area (Å²) >= 11 is 0. The van der Waals surface area contributed by atoms with Crippen LogP contribution in [0.3, 0.4) is 0 Å². The second-order valence-corrected chi connectivity index (χ2v) is 3.74. The molecule has 1 aromatic carbocycles. The molecule has 0 atom stereocenters. The van der Waals surface area contributed by atoms with Crippen molar-refractivity contribution in [1.29, 1.82) is 0 Å². The molecule has 1 amide bonds. The number of benzene rings is 1. The molecule has 1 aliphatic heterocycles. The third kappa shape index (κ3) is 2.08. The van der Waals surface area contributed by atoms with Gasteiger partial charge in [0.15, 0.2) is 0 Å². The van der Waals surface area contributed by atoms with Crippen LogP contribution in [0.2, 0.25) is 0 Å². The Bertz CT molecular complexity index is 482. The zero-order valence-electron chi connectivity index (χ0n) is 9.70. The first-order valence-corrected chi connectivity index (χ1v) is 5.28. The molecule has 2 rings (SSSR count). The van der Waals surface area contributed by atoms with E-state index in [9.17, 15) is 9.59 Å². The highest BCUT2D eigenvalue weighted by Crippen LogP contribution is 2.35. The average Bonchev–Trinajstić information content (AvgIpc) is 2.77. The van der Waals surface area contributed by atoms with Gasteiger partial charge < -0.3 is 14.8 Å². The molecule has 0 bridgehead atoms. The molecular weight excluding hydrogens is 222 g/mol. The fourth-order valence-electron chi connectivity index (χ4n) is 1.87. The number of amides is 1. The molecule has 5 heteroatoms. The van der Waals surface area contributed by atoms with Crippen molar-refractivity contribution >= 4 is 17.6 Å². The van der Waals surface area contributed by atoms with Gasteiger partial charge in [0.1, 0.15) is 11.3 Å². The van der Waals surface area contributed by atoms with Gasteiger partial charge in [-0.1, -0.05) is 0 Å². The number of methoxy groups -OCH3 is 1. The van der Waals surface area contributed by atoms with Crippen LogP contribution in [-0.2, 0) is 16.0 Å². The summed E-state index contributed by atoms with van der Waals surface area (Å²) in [5, 5.41) is 2.72. The van der Waals surface area contributed by atoms with Gasteiger partial charge in [0.25, 0.3) is 0 Å². The highest BCUT2D eigenvalue weighted by molar-refractivity contribution is 5.96. The van der Waals surface area contributed by atoms with Crippen molar-refractivity contribution in [1.82, 2.24) is 0 Å². The van der Waals surface area contributed by atoms with Crippen LogP contribution in [0, 0.1) is 0 Å². The largest absolute Gasteiger partial charge is 0.492 e. The van der Waals surface area contributed by atoms with Crippen molar-refractivity contribution in [3.63, 3.8) is 0 Å². The fourth-order valence-corrected chi connectivity index (χ4v) is 1.87. The van der Waals surface area contributed by atoms with E-state index in [-0.39, 0.29) is 5.91 Å². The van der Waals surface area contributed by atoms with Gasteiger partial charge in [0.05, 0.1) is 13.7 Å². The third-order valence-electron chi connectivity index (χ3n) is 2.57. The van der Waals surface area contributed by atoms with E-state index in [1.54, 1.807) is 12.1 Å². The Labute approximate surface area is 98.7 Å². The van der Waals surface area contributed by atoms with Gasteiger partial charge in [-0.3, -0.25) is 4.79 Å². The van der Waals surface area contributed by atoms with E-state index < -0.39 is 5.97 Å². The van der Waals surface area contributed by atoms with Crippen LogP contribution in [0.15, 0.2) is 12.1 Å². The lowest BCUT2D eigenvalue weighted by molar-refractivity contribution is -0.114. The molecule has 1 N–H and O–H groups in total. The molecular formula is C12H13NO4. The third-order valence-corrected chi connectivity index (χ3v) is 2.57. The van der Waals surface area contributed by atoms with Crippen LogP contribution in [0.25, 0.3) is 0 Å². The van der Waals surface area contributed by atoms with Gasteiger partial charge in [0.2, 0.25) is 5.91 Å². The maximum absolute atomic E-state index is 11.5. The van der Waals surface area contributed by atoms with Crippen molar-refractivity contribution < 1.29 is 19.1 Å². The summed E-state index contributed by atoms with van der Waals surface area (Å²) in [6, 6.07) is 3.29. The van der Waals surface area contributed by atoms with Crippen LogP contribution in [-0.4, -0.2) is 25.6 Å². The quantitative estimate of drug-likeness (QED) is 0.786. The summed E-state index contributed by atoms with van der Waals surface area (Å²) in [5.74, 6) is -0.0643. The number of carbonyl (C=O) groups is 2. The lowest BCUT2D eigenvalue weighted by atomic mass is 10.1. The first-order valence-electron chi connectivity index (χ1n) is 5.28. The van der Waals surface area contributed by atoms with E-state index in [2.05, 4.69) is 10.1 Å². The van der Waals surface area contributed by atoms with E-state index >= 15 is 0 Å². The van der Waals surface area contributed by atoms with E-state index in [1.807, 2.05) is 0 Å². The monoisotopic (exact) mass is 235 g/mol. The molecule has 0 aromatic heterocycles. The molecule has 90 valence electrons. The minimum atomic E-state index is -0.433. The minimum Gasteiger partial charge on any atom is -0.492 e. The van der Waals surface area contributed by atoms with Gasteiger partial charge in [-0.2, -0.15) is 0 Å². The number of hydrogen-bond acceptors (Lipinski definition) is 4. The van der Waals surface area contributed by atoms with Crippen LogP contribution < -0.4 is 10.1 Å². The maximum atomic E-state index is 11.5. The van der Waals surface area contributed by atoms with Crippen molar-refractivity contribution in [2.75, 3.05) is 19.0 Å². The summed E-state index contributed by atoms with van der Waals surface area (Å²) in [5.41, 5.74) is 1.94. The molecule has 0 spiro atoms. The number of hydrogen-bond donors (Lipinski definition) is 1. The number of ether oxygens (including phenoxy) is 2. The van der Waals surface area contributed by atoms with Gasteiger partial charge in [-0.05, 0) is 12.1 Å². The number of esters is 1. The molecule has 0 aliphatic carbocycles. The van der Waals surface area contributed by atoms with Crippen LogP contribution >= 0.6 is 0 Å². The normalized spacial score (nSPS) is 12.6. The van der Waals surface area contributed by atoms with Crippen molar-refractivity contribution in [3.05, 3.63) is 23.3 Å².